The Hall–Kier alpha value is -2.39. The van der Waals surface area contributed by atoms with E-state index in [1.54, 1.807) is 23.4 Å². The second kappa shape index (κ2) is 8.77. The van der Waals surface area contributed by atoms with Crippen LogP contribution in [0, 0.1) is 20.8 Å². The van der Waals surface area contributed by atoms with Crippen molar-refractivity contribution in [3.05, 3.63) is 41.2 Å². The molecule has 0 spiro atoms. The summed E-state index contributed by atoms with van der Waals surface area (Å²) >= 11 is 0. The van der Waals surface area contributed by atoms with Crippen molar-refractivity contribution in [1.29, 1.82) is 0 Å². The van der Waals surface area contributed by atoms with E-state index >= 15 is 0 Å². The minimum absolute atomic E-state index is 0.0599. The van der Waals surface area contributed by atoms with Crippen LogP contribution in [0.15, 0.2) is 29.2 Å². The molecule has 0 atom stereocenters. The zero-order valence-electron chi connectivity index (χ0n) is 18.3. The number of nitrogens with zero attached hydrogens (tertiary/aromatic N) is 4. The van der Waals surface area contributed by atoms with Gasteiger partial charge in [-0.25, -0.2) is 8.42 Å². The molecular formula is C21H30N4O4S. The van der Waals surface area contributed by atoms with Crippen LogP contribution in [0.5, 0.6) is 5.75 Å². The molecule has 1 aromatic heterocycles. The topological polar surface area (TPSA) is 84.7 Å². The van der Waals surface area contributed by atoms with Gasteiger partial charge in [0.25, 0.3) is 5.91 Å². The third-order valence-electron chi connectivity index (χ3n) is 5.29. The van der Waals surface area contributed by atoms with Gasteiger partial charge in [0.05, 0.1) is 11.4 Å². The SMILES string of the molecule is Cc1cccc(OCC(=O)N2CCN(S(=O)(=O)c3c(C)nn(C(C)C)c3C)CC2)c1. The van der Waals surface area contributed by atoms with Crippen molar-refractivity contribution in [3.8, 4) is 5.75 Å². The monoisotopic (exact) mass is 434 g/mol. The Kier molecular flexibility index (Phi) is 6.52. The molecule has 0 radical (unpaired) electrons. The highest BCUT2D eigenvalue weighted by atomic mass is 32.2. The van der Waals surface area contributed by atoms with E-state index in [4.69, 9.17) is 4.74 Å². The summed E-state index contributed by atoms with van der Waals surface area (Å²) < 4.78 is 35.2. The van der Waals surface area contributed by atoms with Crippen LogP contribution in [-0.2, 0) is 14.8 Å². The number of carbonyl (C=O) groups is 1. The van der Waals surface area contributed by atoms with Gasteiger partial charge in [-0.05, 0) is 52.3 Å². The number of aryl methyl sites for hydroxylation is 2. The minimum Gasteiger partial charge on any atom is -0.484 e. The Balaban J connectivity index is 1.63. The van der Waals surface area contributed by atoms with E-state index in [1.165, 1.54) is 4.31 Å². The average Bonchev–Trinajstić information content (AvgIpc) is 3.01. The second-order valence-electron chi connectivity index (χ2n) is 7.93. The highest BCUT2D eigenvalue weighted by Crippen LogP contribution is 2.26. The van der Waals surface area contributed by atoms with E-state index in [1.807, 2.05) is 45.0 Å². The van der Waals surface area contributed by atoms with Gasteiger partial charge < -0.3 is 9.64 Å². The molecule has 9 heteroatoms. The molecule has 1 aliphatic rings. The van der Waals surface area contributed by atoms with Gasteiger partial charge in [-0.2, -0.15) is 9.40 Å². The van der Waals surface area contributed by atoms with Crippen molar-refractivity contribution >= 4 is 15.9 Å². The zero-order chi connectivity index (χ0) is 22.1. The summed E-state index contributed by atoms with van der Waals surface area (Å²) in [5, 5.41) is 4.40. The Morgan fingerprint density at radius 1 is 1.13 bits per heavy atom. The smallest absolute Gasteiger partial charge is 0.260 e. The predicted octanol–water partition coefficient (Wildman–Crippen LogP) is 2.30. The molecular weight excluding hydrogens is 404 g/mol. The molecule has 3 rings (SSSR count). The van der Waals surface area contributed by atoms with E-state index in [0.29, 0.717) is 30.2 Å². The van der Waals surface area contributed by atoms with Crippen molar-refractivity contribution in [1.82, 2.24) is 19.0 Å². The molecule has 0 unspecified atom stereocenters. The summed E-state index contributed by atoms with van der Waals surface area (Å²) in [6, 6.07) is 7.61. The van der Waals surface area contributed by atoms with Crippen LogP contribution in [-0.4, -0.2) is 66.1 Å². The van der Waals surface area contributed by atoms with Gasteiger partial charge in [-0.1, -0.05) is 12.1 Å². The highest BCUT2D eigenvalue weighted by molar-refractivity contribution is 7.89. The van der Waals surface area contributed by atoms with Crippen LogP contribution >= 0.6 is 0 Å². The molecule has 1 aromatic carbocycles. The molecule has 1 fully saturated rings. The van der Waals surface area contributed by atoms with Crippen molar-refractivity contribution < 1.29 is 17.9 Å². The standard InChI is InChI=1S/C21H30N4O4S/c1-15(2)25-18(5)21(17(4)22-25)30(27,28)24-11-9-23(10-12-24)20(26)14-29-19-8-6-7-16(3)13-19/h6-8,13,15H,9-12,14H2,1-5H3. The first kappa shape index (κ1) is 22.3. The van der Waals surface area contributed by atoms with Gasteiger partial charge in [0, 0.05) is 32.2 Å². The molecule has 1 saturated heterocycles. The number of ether oxygens (including phenoxy) is 1. The first-order valence-electron chi connectivity index (χ1n) is 10.1. The van der Waals surface area contributed by atoms with Crippen LogP contribution in [0.3, 0.4) is 0 Å². The second-order valence-corrected chi connectivity index (χ2v) is 9.80. The highest BCUT2D eigenvalue weighted by Gasteiger charge is 2.34. The van der Waals surface area contributed by atoms with E-state index in [-0.39, 0.29) is 36.5 Å². The maximum atomic E-state index is 13.2. The zero-order valence-corrected chi connectivity index (χ0v) is 19.1. The van der Waals surface area contributed by atoms with Gasteiger partial charge >= 0.3 is 0 Å². The van der Waals surface area contributed by atoms with Crippen LogP contribution in [0.2, 0.25) is 0 Å². The maximum absolute atomic E-state index is 13.2. The number of hydrogen-bond acceptors (Lipinski definition) is 5. The van der Waals surface area contributed by atoms with Crippen molar-refractivity contribution in [3.63, 3.8) is 0 Å². The van der Waals surface area contributed by atoms with Crippen molar-refractivity contribution in [2.45, 2.75) is 45.6 Å². The fourth-order valence-corrected chi connectivity index (χ4v) is 5.56. The molecule has 0 saturated carbocycles. The summed E-state index contributed by atoms with van der Waals surface area (Å²) in [7, 11) is -3.66. The van der Waals surface area contributed by atoms with Crippen LogP contribution in [0.4, 0.5) is 0 Å². The molecule has 2 aromatic rings. The fraction of sp³-hybridized carbons (Fsp3) is 0.524. The van der Waals surface area contributed by atoms with Gasteiger partial charge in [0.2, 0.25) is 10.0 Å². The van der Waals surface area contributed by atoms with Crippen LogP contribution < -0.4 is 4.74 Å². The molecule has 0 N–H and O–H groups in total. The third-order valence-corrected chi connectivity index (χ3v) is 7.44. The number of sulfonamides is 1. The average molecular weight is 435 g/mol. The number of aromatic nitrogens is 2. The van der Waals surface area contributed by atoms with Gasteiger partial charge in [-0.3, -0.25) is 9.48 Å². The predicted molar refractivity (Wildman–Crippen MR) is 114 cm³/mol. The third kappa shape index (κ3) is 4.52. The lowest BCUT2D eigenvalue weighted by Crippen LogP contribution is -2.51. The van der Waals surface area contributed by atoms with Gasteiger partial charge in [0.15, 0.2) is 6.61 Å². The van der Waals surface area contributed by atoms with Crippen LogP contribution in [0.25, 0.3) is 0 Å². The number of amides is 1. The first-order chi connectivity index (χ1) is 14.1. The number of rotatable bonds is 6. The normalized spacial score (nSPS) is 15.6. The maximum Gasteiger partial charge on any atom is 0.260 e. The Bertz CT molecular complexity index is 1020. The van der Waals surface area contributed by atoms with E-state index in [2.05, 4.69) is 5.10 Å². The number of piperazine rings is 1. The minimum atomic E-state index is -3.66. The first-order valence-corrected chi connectivity index (χ1v) is 11.6. The Labute approximate surface area is 178 Å². The van der Waals surface area contributed by atoms with Crippen molar-refractivity contribution in [2.24, 2.45) is 0 Å². The van der Waals surface area contributed by atoms with E-state index in [0.717, 1.165) is 5.56 Å². The van der Waals surface area contributed by atoms with E-state index in [9.17, 15) is 13.2 Å². The number of hydrogen-bond donors (Lipinski definition) is 0. The molecule has 1 amide bonds. The molecule has 1 aliphatic heterocycles. The quantitative estimate of drug-likeness (QED) is 0.697. The molecule has 2 heterocycles. The molecule has 30 heavy (non-hydrogen) atoms. The Morgan fingerprint density at radius 3 is 2.37 bits per heavy atom. The Morgan fingerprint density at radius 2 is 1.80 bits per heavy atom. The summed E-state index contributed by atoms with van der Waals surface area (Å²) in [5.41, 5.74) is 2.21. The molecule has 164 valence electrons. The van der Waals surface area contributed by atoms with Gasteiger partial charge in [0.1, 0.15) is 10.6 Å². The summed E-state index contributed by atoms with van der Waals surface area (Å²) in [5.74, 6) is 0.506. The molecule has 8 nitrogen and oxygen atoms in total. The number of carbonyl (C=O) groups excluding carboxylic acids is 1. The number of benzene rings is 1. The van der Waals surface area contributed by atoms with Crippen molar-refractivity contribution in [2.75, 3.05) is 32.8 Å². The summed E-state index contributed by atoms with van der Waals surface area (Å²) in [6.07, 6.45) is 0. The largest absolute Gasteiger partial charge is 0.484 e. The molecule has 0 aliphatic carbocycles. The lowest BCUT2D eigenvalue weighted by Gasteiger charge is -2.34. The van der Waals surface area contributed by atoms with Gasteiger partial charge in [-0.15, -0.1) is 0 Å². The summed E-state index contributed by atoms with van der Waals surface area (Å²) in [4.78, 5) is 14.4. The van der Waals surface area contributed by atoms with Crippen LogP contribution in [0.1, 0.15) is 36.8 Å². The fourth-order valence-electron chi connectivity index (χ4n) is 3.77. The molecule has 0 bridgehead atoms. The lowest BCUT2D eigenvalue weighted by molar-refractivity contribution is -0.134. The summed E-state index contributed by atoms with van der Waals surface area (Å²) in [6.45, 7) is 10.5. The van der Waals surface area contributed by atoms with E-state index < -0.39 is 10.0 Å². The lowest BCUT2D eigenvalue weighted by atomic mass is 10.2.